The van der Waals surface area contributed by atoms with Crippen LogP contribution in [0.3, 0.4) is 0 Å². The SMILES string of the molecule is CCC1(Br)C(=O)Nc2ccccc2C1=O. The molecular weight excluding hydrogens is 258 g/mol. The summed E-state index contributed by atoms with van der Waals surface area (Å²) in [5.41, 5.74) is 1.16. The van der Waals surface area contributed by atoms with E-state index in [1.165, 1.54) is 0 Å². The summed E-state index contributed by atoms with van der Waals surface area (Å²) < 4.78 is -1.10. The molecule has 1 aromatic carbocycles. The zero-order chi connectivity index (χ0) is 11.1. The molecule has 1 heterocycles. The van der Waals surface area contributed by atoms with E-state index in [9.17, 15) is 9.59 Å². The highest BCUT2D eigenvalue weighted by atomic mass is 79.9. The highest BCUT2D eigenvalue weighted by Crippen LogP contribution is 2.35. The van der Waals surface area contributed by atoms with Crippen molar-refractivity contribution >= 4 is 33.3 Å². The lowest BCUT2D eigenvalue weighted by Crippen LogP contribution is -2.47. The number of hydrogen-bond acceptors (Lipinski definition) is 2. The van der Waals surface area contributed by atoms with E-state index in [1.54, 1.807) is 31.2 Å². The van der Waals surface area contributed by atoms with Gasteiger partial charge < -0.3 is 5.32 Å². The molecular formula is C11H10BrNO2. The van der Waals surface area contributed by atoms with Gasteiger partial charge in [-0.15, -0.1) is 0 Å². The van der Waals surface area contributed by atoms with E-state index in [1.807, 2.05) is 0 Å². The molecule has 0 saturated heterocycles. The fraction of sp³-hybridized carbons (Fsp3) is 0.273. The molecule has 0 spiro atoms. The van der Waals surface area contributed by atoms with Gasteiger partial charge in [0.25, 0.3) is 0 Å². The second-order valence-electron chi connectivity index (χ2n) is 3.48. The Kier molecular flexibility index (Phi) is 2.38. The molecule has 4 heteroatoms. The number of carbonyl (C=O) groups is 2. The van der Waals surface area contributed by atoms with Crippen LogP contribution in [-0.2, 0) is 4.79 Å². The molecule has 0 aromatic heterocycles. The predicted molar refractivity (Wildman–Crippen MR) is 61.4 cm³/mol. The maximum atomic E-state index is 12.1. The van der Waals surface area contributed by atoms with Crippen LogP contribution in [0.15, 0.2) is 24.3 Å². The van der Waals surface area contributed by atoms with Gasteiger partial charge in [0, 0.05) is 5.56 Å². The predicted octanol–water partition coefficient (Wildman–Crippen LogP) is 2.37. The second-order valence-corrected chi connectivity index (χ2v) is 4.84. The number of nitrogens with one attached hydrogen (secondary N) is 1. The Labute approximate surface area is 96.0 Å². The maximum Gasteiger partial charge on any atom is 0.249 e. The lowest BCUT2D eigenvalue weighted by atomic mass is 9.89. The third-order valence-corrected chi connectivity index (χ3v) is 3.91. The molecule has 2 rings (SSSR count). The molecule has 1 aromatic rings. The molecule has 15 heavy (non-hydrogen) atoms. The van der Waals surface area contributed by atoms with E-state index in [4.69, 9.17) is 0 Å². The molecule has 1 amide bonds. The Balaban J connectivity index is 2.57. The minimum absolute atomic E-state index is 0.163. The zero-order valence-corrected chi connectivity index (χ0v) is 9.80. The third-order valence-electron chi connectivity index (χ3n) is 2.63. The summed E-state index contributed by atoms with van der Waals surface area (Å²) in [4.78, 5) is 23.8. The van der Waals surface area contributed by atoms with E-state index in [0.29, 0.717) is 17.7 Å². The zero-order valence-electron chi connectivity index (χ0n) is 8.21. The molecule has 0 bridgehead atoms. The molecule has 0 saturated carbocycles. The van der Waals surface area contributed by atoms with Crippen molar-refractivity contribution in [3.8, 4) is 0 Å². The Bertz CT molecular complexity index is 444. The highest BCUT2D eigenvalue weighted by Gasteiger charge is 2.46. The number of carbonyl (C=O) groups excluding carboxylic acids is 2. The molecule has 0 fully saturated rings. The number of fused-ring (bicyclic) bond motifs is 1. The molecule has 3 nitrogen and oxygen atoms in total. The van der Waals surface area contributed by atoms with Gasteiger partial charge in [-0.05, 0) is 18.6 Å². The summed E-state index contributed by atoms with van der Waals surface area (Å²) in [5, 5.41) is 2.73. The molecule has 1 N–H and O–H groups in total. The summed E-state index contributed by atoms with van der Waals surface area (Å²) in [5.74, 6) is -0.446. The number of Topliss-reactive ketones (excluding diaryl/α,β-unsaturated/α-hetero) is 1. The van der Waals surface area contributed by atoms with Gasteiger partial charge in [0.15, 0.2) is 10.1 Å². The number of amides is 1. The topological polar surface area (TPSA) is 46.2 Å². The van der Waals surface area contributed by atoms with Crippen molar-refractivity contribution in [2.75, 3.05) is 5.32 Å². The van der Waals surface area contributed by atoms with E-state index in [2.05, 4.69) is 21.2 Å². The van der Waals surface area contributed by atoms with Crippen LogP contribution in [0.2, 0.25) is 0 Å². The molecule has 78 valence electrons. The molecule has 1 unspecified atom stereocenters. The van der Waals surface area contributed by atoms with Gasteiger partial charge in [0.1, 0.15) is 0 Å². The van der Waals surface area contributed by atoms with Gasteiger partial charge in [0.2, 0.25) is 5.91 Å². The monoisotopic (exact) mass is 267 g/mol. The van der Waals surface area contributed by atoms with E-state index in [-0.39, 0.29) is 11.7 Å². The average molecular weight is 268 g/mol. The lowest BCUT2D eigenvalue weighted by Gasteiger charge is -2.29. The van der Waals surface area contributed by atoms with Crippen LogP contribution in [0.25, 0.3) is 0 Å². The first-order valence-corrected chi connectivity index (χ1v) is 5.53. The van der Waals surface area contributed by atoms with Gasteiger partial charge in [-0.2, -0.15) is 0 Å². The number of ketones is 1. The first-order chi connectivity index (χ1) is 7.09. The number of hydrogen-bond donors (Lipinski definition) is 1. The summed E-state index contributed by atoms with van der Waals surface area (Å²) in [6.45, 7) is 1.81. The van der Waals surface area contributed by atoms with Crippen molar-refractivity contribution in [1.82, 2.24) is 0 Å². The van der Waals surface area contributed by atoms with Crippen molar-refractivity contribution in [3.05, 3.63) is 29.8 Å². The summed E-state index contributed by atoms with van der Waals surface area (Å²) in [6.07, 6.45) is 0.437. The minimum atomic E-state index is -1.10. The number of anilines is 1. The smallest absolute Gasteiger partial charge is 0.249 e. The van der Waals surface area contributed by atoms with Crippen LogP contribution in [0, 0.1) is 0 Å². The van der Waals surface area contributed by atoms with Crippen molar-refractivity contribution in [2.24, 2.45) is 0 Å². The van der Waals surface area contributed by atoms with Gasteiger partial charge in [-0.3, -0.25) is 9.59 Å². The summed E-state index contributed by atoms with van der Waals surface area (Å²) >= 11 is 3.23. The normalized spacial score (nSPS) is 24.7. The quantitative estimate of drug-likeness (QED) is 0.627. The first-order valence-electron chi connectivity index (χ1n) is 4.74. The summed E-state index contributed by atoms with van der Waals surface area (Å²) in [7, 11) is 0. The Morgan fingerprint density at radius 1 is 1.33 bits per heavy atom. The largest absolute Gasteiger partial charge is 0.324 e. The van der Waals surface area contributed by atoms with Crippen LogP contribution in [0.4, 0.5) is 5.69 Å². The number of para-hydroxylation sites is 1. The molecule has 0 radical (unpaired) electrons. The first kappa shape index (κ1) is 10.4. The van der Waals surface area contributed by atoms with Crippen molar-refractivity contribution in [3.63, 3.8) is 0 Å². The van der Waals surface area contributed by atoms with Crippen molar-refractivity contribution < 1.29 is 9.59 Å². The van der Waals surface area contributed by atoms with Crippen LogP contribution >= 0.6 is 15.9 Å². The summed E-state index contributed by atoms with van der Waals surface area (Å²) in [6, 6.07) is 7.03. The fourth-order valence-corrected chi connectivity index (χ4v) is 1.96. The van der Waals surface area contributed by atoms with Crippen molar-refractivity contribution in [2.45, 2.75) is 17.7 Å². The van der Waals surface area contributed by atoms with E-state index < -0.39 is 4.32 Å². The molecule has 1 aliphatic heterocycles. The Morgan fingerprint density at radius 2 is 2.00 bits per heavy atom. The van der Waals surface area contributed by atoms with Crippen molar-refractivity contribution in [1.29, 1.82) is 0 Å². The highest BCUT2D eigenvalue weighted by molar-refractivity contribution is 9.10. The van der Waals surface area contributed by atoms with Crippen LogP contribution in [-0.4, -0.2) is 16.0 Å². The van der Waals surface area contributed by atoms with E-state index in [0.717, 1.165) is 0 Å². The van der Waals surface area contributed by atoms with Gasteiger partial charge in [-0.1, -0.05) is 35.0 Å². The Morgan fingerprint density at radius 3 is 2.67 bits per heavy atom. The van der Waals surface area contributed by atoms with E-state index >= 15 is 0 Å². The fourth-order valence-electron chi connectivity index (χ4n) is 1.65. The average Bonchev–Trinajstić information content (AvgIpc) is 2.26. The maximum absolute atomic E-state index is 12.1. The number of rotatable bonds is 1. The Hall–Kier alpha value is -1.16. The standard InChI is InChI=1S/C11H10BrNO2/c1-2-11(12)9(14)7-5-3-4-6-8(7)13-10(11)15/h3-6H,2H2,1H3,(H,13,15). The van der Waals surface area contributed by atoms with Gasteiger partial charge in [0.05, 0.1) is 5.69 Å². The minimum Gasteiger partial charge on any atom is -0.324 e. The number of halogens is 1. The molecule has 1 atom stereocenters. The lowest BCUT2D eigenvalue weighted by molar-refractivity contribution is -0.117. The molecule has 0 aliphatic carbocycles. The van der Waals surface area contributed by atoms with Crippen LogP contribution < -0.4 is 5.32 Å². The number of alkyl halides is 1. The van der Waals surface area contributed by atoms with Crippen LogP contribution in [0.1, 0.15) is 23.7 Å². The third kappa shape index (κ3) is 1.40. The molecule has 1 aliphatic rings. The van der Waals surface area contributed by atoms with Crippen LogP contribution in [0.5, 0.6) is 0 Å². The van der Waals surface area contributed by atoms with Gasteiger partial charge >= 0.3 is 0 Å². The number of benzene rings is 1. The van der Waals surface area contributed by atoms with Gasteiger partial charge in [-0.25, -0.2) is 0 Å². The second kappa shape index (κ2) is 3.45.